The molecule has 4 rings (SSSR count). The Hall–Kier alpha value is -4.01. The van der Waals surface area contributed by atoms with E-state index in [1.165, 1.54) is 11.2 Å². The topological polar surface area (TPSA) is 120 Å². The molecule has 1 saturated heterocycles. The lowest BCUT2D eigenvalue weighted by Gasteiger charge is -2.13. The Labute approximate surface area is 178 Å². The van der Waals surface area contributed by atoms with Gasteiger partial charge >= 0.3 is 6.03 Å². The molecule has 0 spiro atoms. The molecule has 9 nitrogen and oxygen atoms in total. The summed E-state index contributed by atoms with van der Waals surface area (Å²) in [6.07, 6.45) is 2.35. The van der Waals surface area contributed by atoms with Gasteiger partial charge in [-0.25, -0.2) is 9.78 Å². The number of carbonyl (C=O) groups is 3. The summed E-state index contributed by atoms with van der Waals surface area (Å²) in [5.41, 5.74) is 2.46. The number of nitrogens with one attached hydrogen (secondary N) is 3. The number of rotatable bonds is 8. The van der Waals surface area contributed by atoms with Crippen LogP contribution in [0.3, 0.4) is 0 Å². The molecule has 2 aromatic carbocycles. The first-order valence-corrected chi connectivity index (χ1v) is 10.0. The summed E-state index contributed by atoms with van der Waals surface area (Å²) in [5.74, 6) is 0.0755. The molecule has 1 aliphatic heterocycles. The summed E-state index contributed by atoms with van der Waals surface area (Å²) in [6.45, 7) is 0.311. The first kappa shape index (κ1) is 20.3. The number of anilines is 1. The second-order valence-electron chi connectivity index (χ2n) is 7.23. The molecule has 3 aromatic rings. The first-order chi connectivity index (χ1) is 15.1. The Balaban J connectivity index is 1.28. The van der Waals surface area contributed by atoms with Gasteiger partial charge in [0.25, 0.3) is 5.91 Å². The molecule has 0 radical (unpaired) electrons. The Morgan fingerprint density at radius 2 is 1.94 bits per heavy atom. The zero-order valence-corrected chi connectivity index (χ0v) is 16.7. The average Bonchev–Trinajstić information content (AvgIpc) is 3.41. The van der Waals surface area contributed by atoms with Crippen molar-refractivity contribution in [1.29, 1.82) is 0 Å². The molecule has 3 N–H and O–H groups in total. The Morgan fingerprint density at radius 3 is 2.71 bits per heavy atom. The van der Waals surface area contributed by atoms with Gasteiger partial charge in [0.05, 0.1) is 0 Å². The second kappa shape index (κ2) is 9.21. The number of benzene rings is 2. The van der Waals surface area contributed by atoms with E-state index in [9.17, 15) is 14.4 Å². The van der Waals surface area contributed by atoms with Gasteiger partial charge in [0.2, 0.25) is 5.91 Å². The van der Waals surface area contributed by atoms with Gasteiger partial charge in [-0.2, -0.15) is 5.10 Å². The molecule has 0 unspecified atom stereocenters. The van der Waals surface area contributed by atoms with Crippen LogP contribution in [0.4, 0.5) is 10.5 Å². The Bertz CT molecular complexity index is 1070. The minimum atomic E-state index is -0.686. The molecular formula is C22H22N6O3. The maximum absolute atomic E-state index is 12.6. The van der Waals surface area contributed by atoms with Gasteiger partial charge < -0.3 is 10.6 Å². The number of imide groups is 1. The van der Waals surface area contributed by atoms with E-state index in [0.717, 1.165) is 11.1 Å². The monoisotopic (exact) mass is 418 g/mol. The second-order valence-corrected chi connectivity index (χ2v) is 7.23. The molecule has 158 valence electrons. The van der Waals surface area contributed by atoms with Crippen LogP contribution in [-0.2, 0) is 16.0 Å². The van der Waals surface area contributed by atoms with E-state index in [0.29, 0.717) is 24.5 Å². The lowest BCUT2D eigenvalue weighted by Crippen LogP contribution is -2.33. The summed E-state index contributed by atoms with van der Waals surface area (Å²) in [4.78, 5) is 42.4. The van der Waals surface area contributed by atoms with Gasteiger partial charge in [0.15, 0.2) is 5.82 Å². The lowest BCUT2D eigenvalue weighted by atomic mass is 10.1. The first-order valence-electron chi connectivity index (χ1n) is 10.0. The van der Waals surface area contributed by atoms with E-state index < -0.39 is 12.1 Å². The largest absolute Gasteiger partial charge is 0.326 e. The van der Waals surface area contributed by atoms with Crippen LogP contribution in [0.2, 0.25) is 0 Å². The number of H-pyrrole nitrogens is 1. The van der Waals surface area contributed by atoms with E-state index >= 15 is 0 Å². The highest BCUT2D eigenvalue weighted by molar-refractivity contribution is 6.04. The molecular weight excluding hydrogens is 396 g/mol. The van der Waals surface area contributed by atoms with Crippen LogP contribution in [0.5, 0.6) is 0 Å². The number of urea groups is 1. The number of amides is 4. The fourth-order valence-electron chi connectivity index (χ4n) is 3.46. The molecule has 1 aliphatic rings. The number of aromatic amines is 1. The van der Waals surface area contributed by atoms with Crippen molar-refractivity contribution in [2.24, 2.45) is 0 Å². The maximum Gasteiger partial charge on any atom is 0.324 e. The van der Waals surface area contributed by atoms with Crippen LogP contribution in [-0.4, -0.2) is 50.5 Å². The maximum atomic E-state index is 12.6. The molecule has 9 heteroatoms. The van der Waals surface area contributed by atoms with Gasteiger partial charge in [0.1, 0.15) is 12.4 Å². The molecule has 4 amide bonds. The van der Waals surface area contributed by atoms with Gasteiger partial charge in [-0.3, -0.25) is 19.6 Å². The van der Waals surface area contributed by atoms with E-state index in [2.05, 4.69) is 25.8 Å². The third kappa shape index (κ3) is 4.95. The SMILES string of the molecule is O=C(CC[C@H]1NC(=O)N(CCc2ccccc2)C1=O)Nc1cccc(-c2ncn[nH]2)c1. The minimum Gasteiger partial charge on any atom is -0.326 e. The van der Waals surface area contributed by atoms with Crippen molar-refractivity contribution in [3.8, 4) is 11.4 Å². The number of aromatic nitrogens is 3. The van der Waals surface area contributed by atoms with Gasteiger partial charge in [-0.05, 0) is 30.5 Å². The molecule has 31 heavy (non-hydrogen) atoms. The van der Waals surface area contributed by atoms with Crippen molar-refractivity contribution >= 4 is 23.5 Å². The highest BCUT2D eigenvalue weighted by Gasteiger charge is 2.37. The highest BCUT2D eigenvalue weighted by atomic mass is 16.2. The van der Waals surface area contributed by atoms with Crippen LogP contribution >= 0.6 is 0 Å². The fourth-order valence-corrected chi connectivity index (χ4v) is 3.46. The van der Waals surface area contributed by atoms with Gasteiger partial charge in [-0.1, -0.05) is 42.5 Å². The third-order valence-electron chi connectivity index (χ3n) is 5.07. The van der Waals surface area contributed by atoms with Crippen molar-refractivity contribution in [2.45, 2.75) is 25.3 Å². The summed E-state index contributed by atoms with van der Waals surface area (Å²) in [7, 11) is 0. The molecule has 0 bridgehead atoms. The highest BCUT2D eigenvalue weighted by Crippen LogP contribution is 2.19. The Kier molecular flexibility index (Phi) is 6.02. The summed E-state index contributed by atoms with van der Waals surface area (Å²) in [6, 6.07) is 15.8. The van der Waals surface area contributed by atoms with Gasteiger partial charge in [-0.15, -0.1) is 0 Å². The Morgan fingerprint density at radius 1 is 1.10 bits per heavy atom. The van der Waals surface area contributed by atoms with Crippen molar-refractivity contribution in [2.75, 3.05) is 11.9 Å². The van der Waals surface area contributed by atoms with Crippen molar-refractivity contribution < 1.29 is 14.4 Å². The van der Waals surface area contributed by atoms with Gasteiger partial charge in [0, 0.05) is 24.2 Å². The van der Waals surface area contributed by atoms with Crippen LogP contribution in [0.25, 0.3) is 11.4 Å². The zero-order valence-electron chi connectivity index (χ0n) is 16.7. The third-order valence-corrected chi connectivity index (χ3v) is 5.07. The lowest BCUT2D eigenvalue weighted by molar-refractivity contribution is -0.127. The zero-order chi connectivity index (χ0) is 21.6. The number of carbonyl (C=O) groups excluding carboxylic acids is 3. The quantitative estimate of drug-likeness (QED) is 0.485. The van der Waals surface area contributed by atoms with E-state index in [4.69, 9.17) is 0 Å². The standard InChI is InChI=1S/C22H22N6O3/c29-19(25-17-8-4-7-16(13-17)20-23-14-24-27-20)10-9-18-21(30)28(22(31)26-18)12-11-15-5-2-1-3-6-15/h1-8,13-14,18H,9-12H2,(H,25,29)(H,26,31)(H,23,24,27)/t18-/m1/s1. The van der Waals surface area contributed by atoms with Crippen LogP contribution in [0.1, 0.15) is 18.4 Å². The molecule has 0 saturated carbocycles. The fraction of sp³-hybridized carbons (Fsp3) is 0.227. The molecule has 0 aliphatic carbocycles. The van der Waals surface area contributed by atoms with Crippen LogP contribution in [0.15, 0.2) is 60.9 Å². The predicted octanol–water partition coefficient (Wildman–Crippen LogP) is 2.35. The molecule has 1 atom stereocenters. The predicted molar refractivity (Wildman–Crippen MR) is 114 cm³/mol. The average molecular weight is 418 g/mol. The molecule has 1 fully saturated rings. The molecule has 1 aromatic heterocycles. The summed E-state index contributed by atoms with van der Waals surface area (Å²) in [5, 5.41) is 12.1. The van der Waals surface area contributed by atoms with E-state index in [1.807, 2.05) is 36.4 Å². The van der Waals surface area contributed by atoms with Crippen molar-refractivity contribution in [1.82, 2.24) is 25.4 Å². The number of nitrogens with zero attached hydrogens (tertiary/aromatic N) is 3. The summed E-state index contributed by atoms with van der Waals surface area (Å²) >= 11 is 0. The summed E-state index contributed by atoms with van der Waals surface area (Å²) < 4.78 is 0. The smallest absolute Gasteiger partial charge is 0.324 e. The minimum absolute atomic E-state index is 0.107. The molecule has 2 heterocycles. The van der Waals surface area contributed by atoms with Crippen LogP contribution < -0.4 is 10.6 Å². The number of hydrogen-bond acceptors (Lipinski definition) is 5. The van der Waals surface area contributed by atoms with Crippen molar-refractivity contribution in [3.63, 3.8) is 0 Å². The van der Waals surface area contributed by atoms with Crippen LogP contribution in [0, 0.1) is 0 Å². The van der Waals surface area contributed by atoms with E-state index in [-0.39, 0.29) is 24.7 Å². The van der Waals surface area contributed by atoms with E-state index in [1.54, 1.807) is 18.2 Å². The number of hydrogen-bond donors (Lipinski definition) is 3. The van der Waals surface area contributed by atoms with Crippen molar-refractivity contribution in [3.05, 3.63) is 66.5 Å². The normalized spacial score (nSPS) is 15.7.